The molecule has 286 valence electrons. The molecule has 0 aliphatic rings. The molecular formula is C53H29N9. The van der Waals surface area contributed by atoms with Crippen LogP contribution in [-0.2, 0) is 0 Å². The van der Waals surface area contributed by atoms with E-state index >= 15 is 0 Å². The minimum absolute atomic E-state index is 0.389. The number of hydrogen-bond donors (Lipinski definition) is 0. The van der Waals surface area contributed by atoms with E-state index in [0.29, 0.717) is 61.7 Å². The molecule has 0 amide bonds. The van der Waals surface area contributed by atoms with Gasteiger partial charge in [-0.15, -0.1) is 0 Å². The largest absolute Gasteiger partial charge is 0.308 e. The van der Waals surface area contributed by atoms with Gasteiger partial charge in [-0.05, 0) is 103 Å². The highest BCUT2D eigenvalue weighted by atomic mass is 15.0. The number of aryl methyl sites for hydroxylation is 2. The molecule has 0 spiro atoms. The molecule has 0 atom stereocenters. The number of aromatic nitrogens is 4. The molecule has 0 saturated carbocycles. The first kappa shape index (κ1) is 37.0. The van der Waals surface area contributed by atoms with Crippen LogP contribution in [0.1, 0.15) is 39.2 Å². The number of fused-ring (bicyclic) bond motifs is 6. The summed E-state index contributed by atoms with van der Waals surface area (Å²) in [5.41, 5.74) is 12.0. The molecule has 0 bridgehead atoms. The third-order valence-electron chi connectivity index (χ3n) is 11.4. The monoisotopic (exact) mass is 791 g/mol. The van der Waals surface area contributed by atoms with E-state index in [1.165, 1.54) is 0 Å². The van der Waals surface area contributed by atoms with Gasteiger partial charge in [0.15, 0.2) is 5.82 Å². The van der Waals surface area contributed by atoms with Gasteiger partial charge in [0, 0.05) is 38.5 Å². The quantitative estimate of drug-likeness (QED) is 0.168. The Labute approximate surface area is 355 Å². The molecular weight excluding hydrogens is 763 g/mol. The number of nitrogens with zero attached hydrogens (tertiary/aromatic N) is 9. The minimum atomic E-state index is 0.389. The van der Waals surface area contributed by atoms with Crippen molar-refractivity contribution in [1.29, 1.82) is 26.3 Å². The minimum Gasteiger partial charge on any atom is -0.308 e. The fraction of sp³-hybridized carbons (Fsp3) is 0.0377. The fourth-order valence-corrected chi connectivity index (χ4v) is 8.77. The Balaban J connectivity index is 1.30. The molecule has 0 N–H and O–H groups in total. The zero-order chi connectivity index (χ0) is 42.6. The van der Waals surface area contributed by atoms with E-state index < -0.39 is 0 Å². The van der Waals surface area contributed by atoms with Gasteiger partial charge in [-0.3, -0.25) is 0 Å². The molecule has 0 radical (unpaired) electrons. The second kappa shape index (κ2) is 14.5. The van der Waals surface area contributed by atoms with E-state index in [9.17, 15) is 26.3 Å². The zero-order valence-electron chi connectivity index (χ0n) is 33.3. The Morgan fingerprint density at radius 1 is 0.387 bits per heavy atom. The van der Waals surface area contributed by atoms with Crippen molar-refractivity contribution in [2.24, 2.45) is 0 Å². The van der Waals surface area contributed by atoms with Crippen LogP contribution in [0.4, 0.5) is 0 Å². The third kappa shape index (κ3) is 5.81. The van der Waals surface area contributed by atoms with Gasteiger partial charge in [0.1, 0.15) is 6.07 Å². The predicted molar refractivity (Wildman–Crippen MR) is 240 cm³/mol. The van der Waals surface area contributed by atoms with Crippen molar-refractivity contribution in [3.05, 3.63) is 179 Å². The predicted octanol–water partition coefficient (Wildman–Crippen LogP) is 11.6. The van der Waals surface area contributed by atoms with Gasteiger partial charge >= 0.3 is 0 Å². The Hall–Kier alpha value is -9.33. The van der Waals surface area contributed by atoms with Crippen LogP contribution in [0, 0.1) is 70.5 Å². The van der Waals surface area contributed by atoms with Crippen LogP contribution in [-0.4, -0.2) is 19.1 Å². The lowest BCUT2D eigenvalue weighted by Crippen LogP contribution is -2.06. The van der Waals surface area contributed by atoms with Gasteiger partial charge < -0.3 is 9.13 Å². The molecule has 10 rings (SSSR count). The molecule has 0 aliphatic carbocycles. The normalized spacial score (nSPS) is 11.0. The van der Waals surface area contributed by atoms with Crippen molar-refractivity contribution >= 4 is 43.6 Å². The standard InChI is InChI=1S/C53H29N9/c1-31-19-32(2)60-53(59-31)46-25-49(61-47-9-5-3-7-42(47)44-17-13-35(22-50(44)61)40-15-11-33(26-54)20-37(40)28-56)39(30-58)24-52(46)62-48-10-6-4-8-43(48)45-18-14-36(23-51(45)62)41-16-12-34(27-55)21-38(41)29-57/h3-25H,1-2H3. The Bertz CT molecular complexity index is 3770. The number of benzene rings is 7. The van der Waals surface area contributed by atoms with Gasteiger partial charge in [-0.25, -0.2) is 9.97 Å². The molecule has 0 unspecified atom stereocenters. The number of rotatable bonds is 5. The molecule has 0 aliphatic heterocycles. The van der Waals surface area contributed by atoms with Crippen molar-refractivity contribution in [3.63, 3.8) is 0 Å². The second-order valence-electron chi connectivity index (χ2n) is 15.1. The summed E-state index contributed by atoms with van der Waals surface area (Å²) >= 11 is 0. The van der Waals surface area contributed by atoms with Gasteiger partial charge in [-0.1, -0.05) is 72.8 Å². The average Bonchev–Trinajstić information content (AvgIpc) is 3.82. The van der Waals surface area contributed by atoms with Gasteiger partial charge in [0.05, 0.1) is 85.5 Å². The van der Waals surface area contributed by atoms with Gasteiger partial charge in [0.25, 0.3) is 0 Å². The van der Waals surface area contributed by atoms with Crippen molar-refractivity contribution in [1.82, 2.24) is 19.1 Å². The van der Waals surface area contributed by atoms with Crippen molar-refractivity contribution < 1.29 is 0 Å². The molecule has 62 heavy (non-hydrogen) atoms. The maximum Gasteiger partial charge on any atom is 0.161 e. The Morgan fingerprint density at radius 2 is 0.855 bits per heavy atom. The van der Waals surface area contributed by atoms with E-state index in [1.807, 2.05) is 92.7 Å². The molecule has 0 saturated heterocycles. The summed E-state index contributed by atoms with van der Waals surface area (Å²) in [6.45, 7) is 3.87. The highest BCUT2D eigenvalue weighted by Gasteiger charge is 2.24. The number of hydrogen-bond acceptors (Lipinski definition) is 7. The molecule has 9 heteroatoms. The summed E-state index contributed by atoms with van der Waals surface area (Å²) < 4.78 is 4.24. The van der Waals surface area contributed by atoms with Crippen LogP contribution < -0.4 is 0 Å². The molecule has 0 fully saturated rings. The number of para-hydroxylation sites is 2. The highest BCUT2D eigenvalue weighted by Crippen LogP contribution is 2.42. The summed E-state index contributed by atoms with van der Waals surface area (Å²) in [4.78, 5) is 9.99. The van der Waals surface area contributed by atoms with Crippen LogP contribution in [0.15, 0.2) is 140 Å². The van der Waals surface area contributed by atoms with Crippen LogP contribution in [0.5, 0.6) is 0 Å². The van der Waals surface area contributed by atoms with E-state index in [2.05, 4.69) is 69.8 Å². The first-order valence-electron chi connectivity index (χ1n) is 19.7. The lowest BCUT2D eigenvalue weighted by molar-refractivity contribution is 1.05. The average molecular weight is 792 g/mol. The fourth-order valence-electron chi connectivity index (χ4n) is 8.77. The van der Waals surface area contributed by atoms with Crippen LogP contribution in [0.3, 0.4) is 0 Å². The molecule has 9 nitrogen and oxygen atoms in total. The first-order chi connectivity index (χ1) is 30.3. The van der Waals surface area contributed by atoms with E-state index in [4.69, 9.17) is 9.97 Å². The highest BCUT2D eigenvalue weighted by molar-refractivity contribution is 6.12. The zero-order valence-corrected chi connectivity index (χ0v) is 33.3. The smallest absolute Gasteiger partial charge is 0.161 e. The van der Waals surface area contributed by atoms with Crippen LogP contribution in [0.2, 0.25) is 0 Å². The summed E-state index contributed by atoms with van der Waals surface area (Å²) in [5.74, 6) is 0.488. The number of nitriles is 5. The van der Waals surface area contributed by atoms with Crippen LogP contribution >= 0.6 is 0 Å². The van der Waals surface area contributed by atoms with Crippen LogP contribution in [0.25, 0.3) is 88.6 Å². The van der Waals surface area contributed by atoms with Crippen molar-refractivity contribution in [2.45, 2.75) is 13.8 Å². The second-order valence-corrected chi connectivity index (χ2v) is 15.1. The molecule has 3 aromatic heterocycles. The molecule has 10 aromatic rings. The summed E-state index contributed by atoms with van der Waals surface area (Å²) in [6.07, 6.45) is 0. The van der Waals surface area contributed by atoms with E-state index in [0.717, 1.165) is 66.1 Å². The summed E-state index contributed by atoms with van der Waals surface area (Å²) in [5, 5.41) is 54.5. The first-order valence-corrected chi connectivity index (χ1v) is 19.7. The van der Waals surface area contributed by atoms with E-state index in [-0.39, 0.29) is 0 Å². The topological polar surface area (TPSA) is 155 Å². The summed E-state index contributed by atoms with van der Waals surface area (Å²) in [6, 6.07) is 55.8. The maximum atomic E-state index is 11.2. The van der Waals surface area contributed by atoms with E-state index in [1.54, 1.807) is 30.3 Å². The SMILES string of the molecule is Cc1cc(C)nc(-c2cc(-n3c4ccccc4c4ccc(-c5ccc(C#N)cc5C#N)cc43)c(C#N)cc2-n2c3ccccc3c3ccc(-c4ccc(C#N)cc4C#N)cc32)n1. The maximum absolute atomic E-state index is 11.2. The molecule has 7 aromatic carbocycles. The Morgan fingerprint density at radius 3 is 1.34 bits per heavy atom. The van der Waals surface area contributed by atoms with Crippen molar-refractivity contribution in [2.75, 3.05) is 0 Å². The molecule has 3 heterocycles. The van der Waals surface area contributed by atoms with Gasteiger partial charge in [0.2, 0.25) is 0 Å². The van der Waals surface area contributed by atoms with Crippen molar-refractivity contribution in [3.8, 4) is 75.4 Å². The lowest BCUT2D eigenvalue weighted by atomic mass is 9.97. The lowest BCUT2D eigenvalue weighted by Gasteiger charge is -2.19. The third-order valence-corrected chi connectivity index (χ3v) is 11.4. The summed E-state index contributed by atoms with van der Waals surface area (Å²) in [7, 11) is 0. The Kier molecular flexibility index (Phi) is 8.64. The van der Waals surface area contributed by atoms with Gasteiger partial charge in [-0.2, -0.15) is 26.3 Å².